The van der Waals surface area contributed by atoms with Crippen LogP contribution in [-0.2, 0) is 80.9 Å². The first kappa shape index (κ1) is 69.9. The van der Waals surface area contributed by atoms with Crippen molar-refractivity contribution in [1.82, 2.24) is 31.9 Å². The van der Waals surface area contributed by atoms with Crippen molar-refractivity contribution in [1.29, 1.82) is 0 Å². The molecule has 0 spiro atoms. The molecule has 20 N–H and O–H groups in total. The van der Waals surface area contributed by atoms with Crippen LogP contribution in [-0.4, -0.2) is 330 Å². The molecule has 0 bridgehead atoms. The average molecular weight is 1240 g/mol. The highest BCUT2D eigenvalue weighted by Crippen LogP contribution is 2.37. The quantitative estimate of drug-likeness (QED) is 0.0479. The fourth-order valence-corrected chi connectivity index (χ4v) is 11.0. The van der Waals surface area contributed by atoms with E-state index >= 15 is 0 Å². The maximum absolute atomic E-state index is 12.8. The van der Waals surface area contributed by atoms with E-state index < -0.39 is 259 Å². The predicted molar refractivity (Wildman–Crippen MR) is 269 cm³/mol. The van der Waals surface area contributed by atoms with Crippen LogP contribution >= 0.6 is 0 Å². The first-order valence-electron chi connectivity index (χ1n) is 27.1. The molecule has 6 aliphatic heterocycles. The third-order valence-electron chi connectivity index (χ3n) is 14.8. The Morgan fingerprint density at radius 2 is 0.471 bits per heavy atom. The molecule has 85 heavy (non-hydrogen) atoms. The molecule has 6 heterocycles. The number of ether oxygens (including phenoxy) is 11. The van der Waals surface area contributed by atoms with Gasteiger partial charge in [-0.05, 0) is 0 Å². The second-order valence-corrected chi connectivity index (χ2v) is 21.2. The van der Waals surface area contributed by atoms with Crippen LogP contribution in [0.4, 0.5) is 0 Å². The Morgan fingerprint density at radius 3 is 0.694 bits per heavy atom. The van der Waals surface area contributed by atoms with Gasteiger partial charge in [0.1, 0.15) is 146 Å². The monoisotopic (exact) mass is 1240 g/mol. The first-order chi connectivity index (χ1) is 40.1. The molecule has 6 fully saturated rings. The van der Waals surface area contributed by atoms with Crippen LogP contribution in [0.3, 0.4) is 0 Å². The van der Waals surface area contributed by atoms with Crippen LogP contribution in [0.5, 0.6) is 0 Å². The van der Waals surface area contributed by atoms with Gasteiger partial charge in [0, 0.05) is 41.5 Å². The number of hydrogen-bond donors (Lipinski definition) is 20. The van der Waals surface area contributed by atoms with Crippen LogP contribution in [0.25, 0.3) is 0 Å². The molecular weight excluding hydrogens is 1160 g/mol. The molecule has 0 aromatic rings. The number of aliphatic hydroxyl groups is 14. The molecule has 6 aliphatic rings. The zero-order valence-corrected chi connectivity index (χ0v) is 46.8. The number of carbonyl (C=O) groups is 6. The van der Waals surface area contributed by atoms with Gasteiger partial charge in [-0.3, -0.25) is 28.8 Å². The lowest BCUT2D eigenvalue weighted by molar-refractivity contribution is -0.370. The molecule has 0 aromatic heterocycles. The summed E-state index contributed by atoms with van der Waals surface area (Å²) >= 11 is 0. The van der Waals surface area contributed by atoms with E-state index in [2.05, 4.69) is 31.9 Å². The summed E-state index contributed by atoms with van der Waals surface area (Å²) in [5.74, 6) is -4.75. The Morgan fingerprint density at radius 1 is 0.282 bits per heavy atom. The van der Waals surface area contributed by atoms with Crippen molar-refractivity contribution in [3.05, 3.63) is 0 Å². The maximum atomic E-state index is 12.8. The molecule has 0 aromatic carbocycles. The van der Waals surface area contributed by atoms with E-state index in [-0.39, 0.29) is 0 Å². The predicted octanol–water partition coefficient (Wildman–Crippen LogP) is -13.2. The molecule has 37 nitrogen and oxygen atoms in total. The molecule has 6 amide bonds. The van der Waals surface area contributed by atoms with E-state index in [0.717, 1.165) is 41.5 Å². The minimum atomic E-state index is -2.07. The Bertz CT molecular complexity index is 2230. The molecule has 37 heteroatoms. The van der Waals surface area contributed by atoms with Gasteiger partial charge in [0.05, 0.1) is 39.6 Å². The van der Waals surface area contributed by atoms with Gasteiger partial charge in [0.15, 0.2) is 37.7 Å². The number of amides is 6. The number of hydrogen-bond acceptors (Lipinski definition) is 31. The smallest absolute Gasteiger partial charge is 0.217 e. The lowest BCUT2D eigenvalue weighted by Gasteiger charge is -2.51. The minimum Gasteiger partial charge on any atom is -0.394 e. The molecule has 488 valence electrons. The minimum absolute atomic E-state index is 0.705. The van der Waals surface area contributed by atoms with Crippen molar-refractivity contribution in [2.45, 2.75) is 225 Å². The molecule has 30 atom stereocenters. The van der Waals surface area contributed by atoms with E-state index in [9.17, 15) is 100 Å². The average Bonchev–Trinajstić information content (AvgIpc) is 3.19. The highest BCUT2D eigenvalue weighted by atomic mass is 16.8. The fourth-order valence-electron chi connectivity index (χ4n) is 11.0. The van der Waals surface area contributed by atoms with Crippen molar-refractivity contribution < 1.29 is 152 Å². The van der Waals surface area contributed by atoms with E-state index in [1.165, 1.54) is 0 Å². The van der Waals surface area contributed by atoms with Crippen molar-refractivity contribution in [2.75, 3.05) is 39.6 Å². The molecule has 0 radical (unpaired) electrons. The van der Waals surface area contributed by atoms with Crippen molar-refractivity contribution >= 4 is 35.4 Å². The molecule has 0 saturated carbocycles. The summed E-state index contributed by atoms with van der Waals surface area (Å²) in [5.41, 5.74) is 0. The molecule has 1 unspecified atom stereocenters. The standard InChI is InChI=1S/C48H80N6O31/c1-13(61)49-25-33(69)38(20(8-56)75-43(25)74)81-45-27(51-15(3)63)35(71)40(22(10-58)77-45)83-47-29(53-17(5)65)37(73)42(24(12-60)79-47)85-48-30(54-18(6)66)36(72)41(23(11-59)80-48)84-46-28(52-16(4)64)34(70)39(21(9-57)78-46)82-44-26(50-14(2)62)32(68)31(67)19(7-55)76-44/h19-48,55-60,67-74H,7-12H2,1-6H3,(H,49,61)(H,50,62)(H,51,63)(H,52,64)(H,53,65)(H,54,66)/t19-,20-,21-,22-,23-,24-,25-,26-,27-,28-,29-,30-,31-,32-,33-,34-,35-,36-,37-,38-,39-,40-,41-,42-,43?,44+,45-,46-,47+,48+/m1/s1. The highest BCUT2D eigenvalue weighted by molar-refractivity contribution is 5.75. The van der Waals surface area contributed by atoms with Crippen LogP contribution in [0.2, 0.25) is 0 Å². The summed E-state index contributed by atoms with van der Waals surface area (Å²) in [6.45, 7) is 0.406. The van der Waals surface area contributed by atoms with Gasteiger partial charge in [0.2, 0.25) is 35.4 Å². The van der Waals surface area contributed by atoms with E-state index in [0.29, 0.717) is 0 Å². The number of aliphatic hydroxyl groups excluding tert-OH is 14. The van der Waals surface area contributed by atoms with Crippen LogP contribution in [0.15, 0.2) is 0 Å². The molecule has 6 rings (SSSR count). The summed E-state index contributed by atoms with van der Waals surface area (Å²) in [6.07, 6.45) is -43.4. The van der Waals surface area contributed by atoms with Gasteiger partial charge in [-0.25, -0.2) is 0 Å². The van der Waals surface area contributed by atoms with E-state index in [4.69, 9.17) is 52.1 Å². The highest BCUT2D eigenvalue weighted by Gasteiger charge is 2.59. The molecular formula is C48H80N6O31. The van der Waals surface area contributed by atoms with Crippen LogP contribution in [0, 0.1) is 0 Å². The van der Waals surface area contributed by atoms with Gasteiger partial charge in [0.25, 0.3) is 0 Å². The number of nitrogens with one attached hydrogen (secondary N) is 6. The molecule has 6 saturated heterocycles. The number of carbonyl (C=O) groups excluding carboxylic acids is 6. The van der Waals surface area contributed by atoms with Crippen molar-refractivity contribution in [2.24, 2.45) is 0 Å². The van der Waals surface area contributed by atoms with Gasteiger partial charge in [-0.1, -0.05) is 0 Å². The van der Waals surface area contributed by atoms with Gasteiger partial charge in [-0.15, -0.1) is 0 Å². The first-order valence-corrected chi connectivity index (χ1v) is 27.1. The van der Waals surface area contributed by atoms with E-state index in [1.54, 1.807) is 0 Å². The summed E-state index contributed by atoms with van der Waals surface area (Å²) in [6, 6.07) is -10.0. The van der Waals surface area contributed by atoms with Gasteiger partial charge in [-0.2, -0.15) is 0 Å². The second kappa shape index (κ2) is 30.8. The largest absolute Gasteiger partial charge is 0.394 e. The zero-order chi connectivity index (χ0) is 63.0. The van der Waals surface area contributed by atoms with Crippen molar-refractivity contribution in [3.63, 3.8) is 0 Å². The Hall–Kier alpha value is -4.18. The molecule has 0 aliphatic carbocycles. The summed E-state index contributed by atoms with van der Waals surface area (Å²) in [5, 5.41) is 168. The SMILES string of the molecule is CC(=O)N[C@H]1[C@H](O[C@H]2[C@H](O)[C@@H](NC(C)=O)[C@@H](O[C@H]3[C@H](O)[C@@H](NC(C)=O)C(O)O[C@@H]3CO)O[C@@H]2CO)O[C@H](CO)[C@@H](O[C@@H]2O[C@H](CO)[C@@H](O[C@H]3O[C@H](CO)[C@@H](O[C@@H]4O[C@H](CO)[C@@H](O)[C@H](O)[C@H]4NC(C)=O)[C@H](O)[C@H]3NC(C)=O)[C@H](O)[C@H]2NC(C)=O)[C@@H]1O. The van der Waals surface area contributed by atoms with E-state index in [1.807, 2.05) is 0 Å². The maximum Gasteiger partial charge on any atom is 0.217 e. The number of rotatable bonds is 22. The Labute approximate surface area is 483 Å². The lowest BCUT2D eigenvalue weighted by atomic mass is 9.92. The zero-order valence-electron chi connectivity index (χ0n) is 46.8. The third-order valence-corrected chi connectivity index (χ3v) is 14.8. The lowest BCUT2D eigenvalue weighted by Crippen LogP contribution is -2.72. The van der Waals surface area contributed by atoms with Gasteiger partial charge < -0.3 is 155 Å². The van der Waals surface area contributed by atoms with Crippen LogP contribution in [0.1, 0.15) is 41.5 Å². The van der Waals surface area contributed by atoms with Gasteiger partial charge >= 0.3 is 0 Å². The third kappa shape index (κ3) is 16.4. The second-order valence-electron chi connectivity index (χ2n) is 21.2. The summed E-state index contributed by atoms with van der Waals surface area (Å²) in [7, 11) is 0. The summed E-state index contributed by atoms with van der Waals surface area (Å²) < 4.78 is 65.4. The van der Waals surface area contributed by atoms with Crippen LogP contribution < -0.4 is 31.9 Å². The fraction of sp³-hybridized carbons (Fsp3) is 0.875. The summed E-state index contributed by atoms with van der Waals surface area (Å²) in [4.78, 5) is 74.9. The topological polar surface area (TPSA) is 559 Å². The Kier molecular flexibility index (Phi) is 25.4. The van der Waals surface area contributed by atoms with Crippen molar-refractivity contribution in [3.8, 4) is 0 Å². The Balaban J connectivity index is 1.23. The normalized spacial score (nSPS) is 44.0.